The Morgan fingerprint density at radius 2 is 2.27 bits per heavy atom. The molecule has 0 saturated carbocycles. The first kappa shape index (κ1) is 8.04. The predicted octanol–water partition coefficient (Wildman–Crippen LogP) is 0.0500. The molecule has 4 nitrogen and oxygen atoms in total. The molecule has 0 bridgehead atoms. The lowest BCUT2D eigenvalue weighted by Crippen LogP contribution is -2.47. The summed E-state index contributed by atoms with van der Waals surface area (Å²) in [6.07, 6.45) is 2.47. The number of amides is 2. The zero-order valence-corrected chi connectivity index (χ0v) is 6.59. The van der Waals surface area contributed by atoms with E-state index in [1.54, 1.807) is 0 Å². The van der Waals surface area contributed by atoms with Crippen LogP contribution in [-0.4, -0.2) is 23.4 Å². The van der Waals surface area contributed by atoms with E-state index in [1.807, 2.05) is 0 Å². The van der Waals surface area contributed by atoms with Crippen molar-refractivity contribution in [1.29, 1.82) is 0 Å². The van der Waals surface area contributed by atoms with Crippen LogP contribution in [0.4, 0.5) is 0 Å². The normalized spacial score (nSPS) is 18.3. The Morgan fingerprint density at radius 1 is 1.55 bits per heavy atom. The molecule has 4 heteroatoms. The van der Waals surface area contributed by atoms with Crippen molar-refractivity contribution in [1.82, 2.24) is 10.4 Å². The molecule has 0 aliphatic carbocycles. The van der Waals surface area contributed by atoms with Gasteiger partial charge in [-0.1, -0.05) is 0 Å². The third kappa shape index (κ3) is 2.22. The van der Waals surface area contributed by atoms with Crippen molar-refractivity contribution in [2.24, 2.45) is 0 Å². The van der Waals surface area contributed by atoms with E-state index in [1.165, 1.54) is 11.9 Å². The Hall–Kier alpha value is -1.06. The van der Waals surface area contributed by atoms with E-state index in [4.69, 9.17) is 0 Å². The lowest BCUT2D eigenvalue weighted by Gasteiger charge is -2.26. The average Bonchev–Trinajstić information content (AvgIpc) is 1.93. The summed E-state index contributed by atoms with van der Waals surface area (Å²) in [4.78, 5) is 21.6. The van der Waals surface area contributed by atoms with Crippen molar-refractivity contribution in [3.8, 4) is 0 Å². The first-order valence-electron chi connectivity index (χ1n) is 3.78. The topological polar surface area (TPSA) is 49.4 Å². The number of carbonyl (C=O) groups is 2. The van der Waals surface area contributed by atoms with Crippen molar-refractivity contribution in [3.05, 3.63) is 0 Å². The Bertz CT molecular complexity index is 179. The monoisotopic (exact) mass is 156 g/mol. The van der Waals surface area contributed by atoms with Gasteiger partial charge in [-0.3, -0.25) is 20.0 Å². The fourth-order valence-electron chi connectivity index (χ4n) is 1.11. The van der Waals surface area contributed by atoms with Gasteiger partial charge in [0.2, 0.25) is 11.8 Å². The highest BCUT2D eigenvalue weighted by molar-refractivity contribution is 5.81. The maximum Gasteiger partial charge on any atom is 0.240 e. The van der Waals surface area contributed by atoms with Crippen LogP contribution >= 0.6 is 0 Å². The maximum absolute atomic E-state index is 11.0. The van der Waals surface area contributed by atoms with Gasteiger partial charge in [0.25, 0.3) is 0 Å². The number of carbonyl (C=O) groups excluding carboxylic acids is 2. The largest absolute Gasteiger partial charge is 0.274 e. The number of nitrogens with one attached hydrogen (secondary N) is 1. The molecule has 1 aliphatic rings. The summed E-state index contributed by atoms with van der Waals surface area (Å²) in [5.41, 5.74) is 2.48. The summed E-state index contributed by atoms with van der Waals surface area (Å²) >= 11 is 0. The molecule has 11 heavy (non-hydrogen) atoms. The smallest absolute Gasteiger partial charge is 0.240 e. The van der Waals surface area contributed by atoms with Crippen LogP contribution in [-0.2, 0) is 9.59 Å². The zero-order chi connectivity index (χ0) is 8.27. The van der Waals surface area contributed by atoms with Crippen LogP contribution < -0.4 is 5.43 Å². The van der Waals surface area contributed by atoms with Gasteiger partial charge in [-0.05, 0) is 12.8 Å². The summed E-state index contributed by atoms with van der Waals surface area (Å²) in [5, 5.41) is 1.39. The quantitative estimate of drug-likeness (QED) is 0.583. The van der Waals surface area contributed by atoms with Gasteiger partial charge in [-0.2, -0.15) is 0 Å². The summed E-state index contributed by atoms with van der Waals surface area (Å²) < 4.78 is 0. The highest BCUT2D eigenvalue weighted by Gasteiger charge is 2.17. The lowest BCUT2D eigenvalue weighted by atomic mass is 10.1. The molecule has 0 aromatic carbocycles. The first-order chi connectivity index (χ1) is 5.20. The first-order valence-corrected chi connectivity index (χ1v) is 3.78. The highest BCUT2D eigenvalue weighted by atomic mass is 16.2. The third-order valence-electron chi connectivity index (χ3n) is 1.62. The molecule has 0 aromatic rings. The van der Waals surface area contributed by atoms with Crippen LogP contribution in [0.1, 0.15) is 26.2 Å². The summed E-state index contributed by atoms with van der Waals surface area (Å²) in [7, 11) is 0. The molecule has 1 fully saturated rings. The minimum atomic E-state index is -0.180. The Balaban J connectivity index is 2.42. The van der Waals surface area contributed by atoms with E-state index < -0.39 is 0 Å². The molecular weight excluding hydrogens is 144 g/mol. The molecule has 0 radical (unpaired) electrons. The van der Waals surface area contributed by atoms with E-state index >= 15 is 0 Å². The summed E-state index contributed by atoms with van der Waals surface area (Å²) in [5.74, 6) is -0.160. The molecule has 0 aromatic heterocycles. The van der Waals surface area contributed by atoms with Gasteiger partial charge in [0, 0.05) is 19.9 Å². The minimum absolute atomic E-state index is 0.0199. The van der Waals surface area contributed by atoms with Crippen molar-refractivity contribution in [2.75, 3.05) is 6.54 Å². The number of piperidine rings is 1. The molecule has 1 heterocycles. The molecule has 1 saturated heterocycles. The second kappa shape index (κ2) is 3.37. The third-order valence-corrected chi connectivity index (χ3v) is 1.62. The van der Waals surface area contributed by atoms with Gasteiger partial charge >= 0.3 is 0 Å². The number of hydrogen-bond acceptors (Lipinski definition) is 2. The van der Waals surface area contributed by atoms with E-state index in [0.29, 0.717) is 13.0 Å². The molecule has 2 amide bonds. The average molecular weight is 156 g/mol. The van der Waals surface area contributed by atoms with Crippen LogP contribution in [0.2, 0.25) is 0 Å². The van der Waals surface area contributed by atoms with E-state index in [2.05, 4.69) is 5.43 Å². The molecular formula is C7H12N2O2. The molecule has 1 rings (SSSR count). The maximum atomic E-state index is 11.0. The molecule has 0 atom stereocenters. The second-order valence-corrected chi connectivity index (χ2v) is 2.67. The van der Waals surface area contributed by atoms with Crippen LogP contribution in [0, 0.1) is 0 Å². The van der Waals surface area contributed by atoms with Gasteiger partial charge in [0.05, 0.1) is 0 Å². The molecule has 1 N–H and O–H groups in total. The summed E-state index contributed by atoms with van der Waals surface area (Å²) in [6.45, 7) is 2.06. The van der Waals surface area contributed by atoms with E-state index in [0.717, 1.165) is 12.8 Å². The van der Waals surface area contributed by atoms with Gasteiger partial charge in [0.15, 0.2) is 0 Å². The highest BCUT2D eigenvalue weighted by Crippen LogP contribution is 2.07. The lowest BCUT2D eigenvalue weighted by molar-refractivity contribution is -0.142. The molecule has 0 spiro atoms. The van der Waals surface area contributed by atoms with Gasteiger partial charge < -0.3 is 0 Å². The van der Waals surface area contributed by atoms with Crippen molar-refractivity contribution >= 4 is 11.8 Å². The fraction of sp³-hybridized carbons (Fsp3) is 0.714. The fourth-order valence-corrected chi connectivity index (χ4v) is 1.11. The molecule has 1 aliphatic heterocycles. The molecule has 0 unspecified atom stereocenters. The number of rotatable bonds is 1. The number of hydrazine groups is 1. The van der Waals surface area contributed by atoms with Gasteiger partial charge in [-0.15, -0.1) is 0 Å². The SMILES string of the molecule is CC(=O)NN1CCCCC1=O. The van der Waals surface area contributed by atoms with Crippen LogP contribution in [0.25, 0.3) is 0 Å². The van der Waals surface area contributed by atoms with Crippen molar-refractivity contribution < 1.29 is 9.59 Å². The van der Waals surface area contributed by atoms with E-state index in [-0.39, 0.29) is 11.8 Å². The van der Waals surface area contributed by atoms with E-state index in [9.17, 15) is 9.59 Å². The van der Waals surface area contributed by atoms with Crippen molar-refractivity contribution in [3.63, 3.8) is 0 Å². The molecule has 62 valence electrons. The Labute approximate surface area is 65.5 Å². The second-order valence-electron chi connectivity index (χ2n) is 2.67. The predicted molar refractivity (Wildman–Crippen MR) is 39.4 cm³/mol. The van der Waals surface area contributed by atoms with Crippen LogP contribution in [0.3, 0.4) is 0 Å². The number of nitrogens with zero attached hydrogens (tertiary/aromatic N) is 1. The number of hydrogen-bond donors (Lipinski definition) is 1. The van der Waals surface area contributed by atoms with Crippen molar-refractivity contribution in [2.45, 2.75) is 26.2 Å². The Morgan fingerprint density at radius 3 is 2.82 bits per heavy atom. The van der Waals surface area contributed by atoms with Crippen LogP contribution in [0.5, 0.6) is 0 Å². The zero-order valence-electron chi connectivity index (χ0n) is 6.59. The minimum Gasteiger partial charge on any atom is -0.274 e. The Kier molecular flexibility index (Phi) is 2.46. The standard InChI is InChI=1S/C7H12N2O2/c1-6(10)8-9-5-3-2-4-7(9)11/h2-5H2,1H3,(H,8,10). The van der Waals surface area contributed by atoms with Gasteiger partial charge in [0.1, 0.15) is 0 Å². The van der Waals surface area contributed by atoms with Gasteiger partial charge in [-0.25, -0.2) is 0 Å². The summed E-state index contributed by atoms with van der Waals surface area (Å²) in [6, 6.07) is 0. The van der Waals surface area contributed by atoms with Crippen LogP contribution in [0.15, 0.2) is 0 Å².